The van der Waals surface area contributed by atoms with E-state index in [4.69, 9.17) is 0 Å². The first-order valence-corrected chi connectivity index (χ1v) is 9.91. The third-order valence-electron chi connectivity index (χ3n) is 3.52. The molecule has 0 N–H and O–H groups in total. The van der Waals surface area contributed by atoms with Gasteiger partial charge in [-0.05, 0) is 23.8 Å². The number of halogens is 4. The summed E-state index contributed by atoms with van der Waals surface area (Å²) < 4.78 is 76.8. The Morgan fingerprint density at radius 1 is 1.00 bits per heavy atom. The van der Waals surface area contributed by atoms with Crippen LogP contribution in [0.15, 0.2) is 53.4 Å². The summed E-state index contributed by atoms with van der Waals surface area (Å²) in [7, 11) is -3.69. The molecule has 136 valence electrons. The molecule has 0 amide bonds. The lowest BCUT2D eigenvalue weighted by Gasteiger charge is -2.08. The van der Waals surface area contributed by atoms with Crippen molar-refractivity contribution in [3.63, 3.8) is 0 Å². The molecule has 3 nitrogen and oxygen atoms in total. The Hall–Kier alpha value is -2.26. The minimum absolute atomic E-state index is 0.0704. The Labute approximate surface area is 150 Å². The van der Waals surface area contributed by atoms with Crippen molar-refractivity contribution in [2.24, 2.45) is 0 Å². The molecule has 9 heteroatoms. The van der Waals surface area contributed by atoms with Gasteiger partial charge in [-0.3, -0.25) is 0 Å². The van der Waals surface area contributed by atoms with Crippen LogP contribution in [-0.2, 0) is 16.0 Å². The van der Waals surface area contributed by atoms with Gasteiger partial charge in [-0.2, -0.15) is 13.2 Å². The fraction of sp³-hybridized carbons (Fsp3) is 0.118. The van der Waals surface area contributed by atoms with Crippen LogP contribution < -0.4 is 0 Å². The highest BCUT2D eigenvalue weighted by Crippen LogP contribution is 2.43. The lowest BCUT2D eigenvalue weighted by Crippen LogP contribution is -2.04. The smallest absolute Gasteiger partial charge is 0.231 e. The maximum Gasteiger partial charge on any atom is 0.443 e. The number of benzene rings is 2. The van der Waals surface area contributed by atoms with E-state index < -0.39 is 26.8 Å². The van der Waals surface area contributed by atoms with E-state index in [1.165, 1.54) is 36.4 Å². The van der Waals surface area contributed by atoms with Crippen LogP contribution in [0.5, 0.6) is 0 Å². The second-order valence-corrected chi connectivity index (χ2v) is 8.45. The van der Waals surface area contributed by atoms with Crippen molar-refractivity contribution >= 4 is 21.2 Å². The Bertz CT molecular complexity index is 1060. The van der Waals surface area contributed by atoms with Crippen LogP contribution in [-0.4, -0.2) is 19.7 Å². The van der Waals surface area contributed by atoms with Gasteiger partial charge < -0.3 is 0 Å². The molecule has 0 atom stereocenters. The summed E-state index contributed by atoms with van der Waals surface area (Å²) in [5, 5.41) is -1.10. The number of nitrogens with zero attached hydrogens (tertiary/aromatic N) is 1. The maximum absolute atomic E-state index is 13.2. The molecular formula is C17H11F4NO2S2. The van der Waals surface area contributed by atoms with Gasteiger partial charge in [0.25, 0.3) is 0 Å². The number of rotatable bonds is 3. The number of alkyl halides is 3. The summed E-state index contributed by atoms with van der Waals surface area (Å²) in [6, 6.07) is 10.6. The van der Waals surface area contributed by atoms with Crippen molar-refractivity contribution in [2.45, 2.75) is 11.1 Å². The summed E-state index contributed by atoms with van der Waals surface area (Å²) in [6.07, 6.45) is -3.71. The topological polar surface area (TPSA) is 47.0 Å². The number of hydrogen-bond acceptors (Lipinski definition) is 4. The van der Waals surface area contributed by atoms with Gasteiger partial charge in [-0.25, -0.2) is 17.8 Å². The van der Waals surface area contributed by atoms with Crippen LogP contribution in [0.25, 0.3) is 21.7 Å². The van der Waals surface area contributed by atoms with Crippen molar-refractivity contribution in [3.05, 3.63) is 59.4 Å². The number of thiazole rings is 1. The Morgan fingerprint density at radius 2 is 1.62 bits per heavy atom. The van der Waals surface area contributed by atoms with E-state index in [1.807, 2.05) is 0 Å². The van der Waals surface area contributed by atoms with Crippen LogP contribution in [0.3, 0.4) is 0 Å². The van der Waals surface area contributed by atoms with Gasteiger partial charge in [0, 0.05) is 11.8 Å². The summed E-state index contributed by atoms with van der Waals surface area (Å²) in [5.41, 5.74) is 0.286. The molecule has 0 saturated heterocycles. The molecule has 0 fully saturated rings. The van der Waals surface area contributed by atoms with E-state index in [9.17, 15) is 26.0 Å². The molecule has 0 aliphatic heterocycles. The molecular weight excluding hydrogens is 390 g/mol. The molecule has 3 rings (SSSR count). The average Bonchev–Trinajstić information content (AvgIpc) is 3.00. The zero-order valence-corrected chi connectivity index (χ0v) is 14.8. The van der Waals surface area contributed by atoms with E-state index >= 15 is 0 Å². The molecule has 0 aliphatic carbocycles. The first-order valence-electron chi connectivity index (χ1n) is 7.21. The predicted octanol–water partition coefficient (Wildman–Crippen LogP) is 5.04. The number of hydrogen-bond donors (Lipinski definition) is 0. The van der Waals surface area contributed by atoms with Gasteiger partial charge in [-0.1, -0.05) is 30.3 Å². The molecule has 1 aromatic heterocycles. The highest BCUT2D eigenvalue weighted by atomic mass is 32.2. The van der Waals surface area contributed by atoms with E-state index in [1.54, 1.807) is 0 Å². The molecule has 0 unspecified atom stereocenters. The van der Waals surface area contributed by atoms with Crippen molar-refractivity contribution < 1.29 is 26.0 Å². The molecule has 26 heavy (non-hydrogen) atoms. The summed E-state index contributed by atoms with van der Waals surface area (Å²) in [4.78, 5) is 3.66. The molecule has 3 aromatic rings. The molecule has 2 aromatic carbocycles. The van der Waals surface area contributed by atoms with Gasteiger partial charge in [-0.15, -0.1) is 11.3 Å². The lowest BCUT2D eigenvalue weighted by molar-refractivity contribution is -0.137. The van der Waals surface area contributed by atoms with E-state index in [0.29, 0.717) is 16.9 Å². The summed E-state index contributed by atoms with van der Waals surface area (Å²) in [5.74, 6) is -0.535. The minimum Gasteiger partial charge on any atom is -0.231 e. The molecule has 0 saturated carbocycles. The van der Waals surface area contributed by atoms with E-state index in [0.717, 1.165) is 18.4 Å². The zero-order valence-electron chi connectivity index (χ0n) is 13.2. The fourth-order valence-corrected chi connectivity index (χ4v) is 4.25. The van der Waals surface area contributed by atoms with Gasteiger partial charge >= 0.3 is 6.18 Å². The maximum atomic E-state index is 13.2. The highest BCUT2D eigenvalue weighted by molar-refractivity contribution is 7.90. The molecule has 0 radical (unpaired) electrons. The molecule has 0 aliphatic rings. The number of sulfone groups is 1. The first kappa shape index (κ1) is 18.5. The lowest BCUT2D eigenvalue weighted by atomic mass is 10.1. The molecule has 1 heterocycles. The van der Waals surface area contributed by atoms with Gasteiger partial charge in [0.15, 0.2) is 14.8 Å². The SMILES string of the molecule is CS(=O)(=O)c1ccccc1-c1nc(C(F)(F)F)sc1-c1ccc(F)cc1. The normalized spacial score (nSPS) is 12.3. The van der Waals surface area contributed by atoms with Gasteiger partial charge in [0.1, 0.15) is 5.82 Å². The van der Waals surface area contributed by atoms with Gasteiger partial charge in [0.05, 0.1) is 15.5 Å². The van der Waals surface area contributed by atoms with Crippen LogP contribution in [0.4, 0.5) is 17.6 Å². The number of aromatic nitrogens is 1. The highest BCUT2D eigenvalue weighted by Gasteiger charge is 2.37. The van der Waals surface area contributed by atoms with E-state index in [-0.39, 0.29) is 21.0 Å². The Morgan fingerprint density at radius 3 is 2.19 bits per heavy atom. The standard InChI is InChI=1S/C17H11F4NO2S2/c1-26(23,24)13-5-3-2-4-12(13)14-15(10-6-8-11(18)9-7-10)25-16(22-14)17(19,20)21/h2-9H,1H3. The van der Waals surface area contributed by atoms with Crippen molar-refractivity contribution in [1.29, 1.82) is 0 Å². The summed E-state index contributed by atoms with van der Waals surface area (Å²) >= 11 is 0.386. The Balaban J connectivity index is 2.31. The monoisotopic (exact) mass is 401 g/mol. The second kappa shape index (κ2) is 6.48. The van der Waals surface area contributed by atoms with Crippen molar-refractivity contribution in [1.82, 2.24) is 4.98 Å². The predicted molar refractivity (Wildman–Crippen MR) is 91.1 cm³/mol. The Kier molecular flexibility index (Phi) is 4.61. The minimum atomic E-state index is -4.68. The third kappa shape index (κ3) is 3.63. The first-order chi connectivity index (χ1) is 12.1. The van der Waals surface area contributed by atoms with Crippen molar-refractivity contribution in [2.75, 3.05) is 6.26 Å². The third-order valence-corrected chi connectivity index (χ3v) is 5.82. The fourth-order valence-electron chi connectivity index (χ4n) is 2.41. The quantitative estimate of drug-likeness (QED) is 0.578. The van der Waals surface area contributed by atoms with Crippen LogP contribution in [0.1, 0.15) is 5.01 Å². The summed E-state index contributed by atoms with van der Waals surface area (Å²) in [6.45, 7) is 0. The molecule has 0 bridgehead atoms. The van der Waals surface area contributed by atoms with Crippen molar-refractivity contribution in [3.8, 4) is 21.7 Å². The largest absolute Gasteiger partial charge is 0.443 e. The van der Waals surface area contributed by atoms with Crippen LogP contribution >= 0.6 is 11.3 Å². The van der Waals surface area contributed by atoms with E-state index in [2.05, 4.69) is 4.98 Å². The second-order valence-electron chi connectivity index (χ2n) is 5.47. The van der Waals surface area contributed by atoms with Crippen LogP contribution in [0.2, 0.25) is 0 Å². The molecule has 0 spiro atoms. The zero-order chi connectivity index (χ0) is 19.1. The van der Waals surface area contributed by atoms with Crippen LogP contribution in [0, 0.1) is 5.82 Å². The van der Waals surface area contributed by atoms with Gasteiger partial charge in [0.2, 0.25) is 0 Å². The average molecular weight is 401 g/mol.